The van der Waals surface area contributed by atoms with E-state index in [9.17, 15) is 4.79 Å². The molecule has 0 heterocycles. The zero-order valence-electron chi connectivity index (χ0n) is 8.91. The van der Waals surface area contributed by atoms with Crippen LogP contribution in [0.3, 0.4) is 0 Å². The highest BCUT2D eigenvalue weighted by atomic mass is 16.1. The summed E-state index contributed by atoms with van der Waals surface area (Å²) in [7, 11) is 0. The molecule has 2 heteroatoms. The number of carbonyl (C=O) groups is 1. The van der Waals surface area contributed by atoms with Crippen molar-refractivity contribution in [1.29, 1.82) is 0 Å². The first-order chi connectivity index (χ1) is 7.27. The van der Waals surface area contributed by atoms with Crippen LogP contribution in [0.1, 0.15) is 42.5 Å². The third-order valence-electron chi connectivity index (χ3n) is 3.17. The van der Waals surface area contributed by atoms with E-state index in [4.69, 9.17) is 5.73 Å². The molecule has 1 fully saturated rings. The molecular formula is C13H17NO. The Hall–Kier alpha value is -1.31. The van der Waals surface area contributed by atoms with Crippen LogP contribution in [0.2, 0.25) is 0 Å². The lowest BCUT2D eigenvalue weighted by atomic mass is 9.84. The van der Waals surface area contributed by atoms with E-state index in [2.05, 4.69) is 0 Å². The summed E-state index contributed by atoms with van der Waals surface area (Å²) in [5.41, 5.74) is 7.13. The zero-order valence-corrected chi connectivity index (χ0v) is 8.91. The van der Waals surface area contributed by atoms with E-state index < -0.39 is 0 Å². The van der Waals surface area contributed by atoms with Crippen molar-refractivity contribution in [1.82, 2.24) is 0 Å². The molecule has 0 aromatic heterocycles. The Morgan fingerprint density at radius 2 is 1.67 bits per heavy atom. The molecule has 1 aliphatic carbocycles. The lowest BCUT2D eigenvalue weighted by molar-refractivity contribution is 0.0889. The molecule has 15 heavy (non-hydrogen) atoms. The maximum absolute atomic E-state index is 12.1. The van der Waals surface area contributed by atoms with Crippen molar-refractivity contribution in [3.63, 3.8) is 0 Å². The van der Waals surface area contributed by atoms with Crippen LogP contribution in [0.25, 0.3) is 0 Å². The lowest BCUT2D eigenvalue weighted by Gasteiger charge is -2.20. The molecule has 2 nitrogen and oxygen atoms in total. The number of Topliss-reactive ketones (excluding diaryl/α,β-unsaturated/α-hetero) is 1. The van der Waals surface area contributed by atoms with E-state index in [-0.39, 0.29) is 5.92 Å². The van der Waals surface area contributed by atoms with Gasteiger partial charge in [-0.15, -0.1) is 0 Å². The monoisotopic (exact) mass is 203 g/mol. The number of hydrogen-bond donors (Lipinski definition) is 1. The van der Waals surface area contributed by atoms with Gasteiger partial charge in [0, 0.05) is 17.2 Å². The molecular weight excluding hydrogens is 186 g/mol. The smallest absolute Gasteiger partial charge is 0.165 e. The second-order valence-corrected chi connectivity index (χ2v) is 4.32. The normalized spacial score (nSPS) is 17.6. The van der Waals surface area contributed by atoms with Crippen molar-refractivity contribution in [3.05, 3.63) is 29.8 Å². The minimum absolute atomic E-state index is 0.252. The molecule has 0 atom stereocenters. The predicted octanol–water partition coefficient (Wildman–Crippen LogP) is 3.03. The third kappa shape index (κ3) is 2.38. The SMILES string of the molecule is Nc1ccc(C(=O)C2CCCCC2)cc1. The first kappa shape index (κ1) is 10.2. The van der Waals surface area contributed by atoms with Crippen LogP contribution in [0, 0.1) is 5.92 Å². The van der Waals surface area contributed by atoms with Crippen LogP contribution in [0.4, 0.5) is 5.69 Å². The minimum Gasteiger partial charge on any atom is -0.399 e. The highest BCUT2D eigenvalue weighted by Crippen LogP contribution is 2.26. The average Bonchev–Trinajstić information content (AvgIpc) is 2.30. The van der Waals surface area contributed by atoms with E-state index in [0.717, 1.165) is 24.1 Å². The Morgan fingerprint density at radius 3 is 2.27 bits per heavy atom. The Labute approximate surface area is 90.5 Å². The largest absolute Gasteiger partial charge is 0.399 e. The van der Waals surface area contributed by atoms with Gasteiger partial charge in [0.15, 0.2) is 5.78 Å². The van der Waals surface area contributed by atoms with Crippen LogP contribution in [-0.2, 0) is 0 Å². The fourth-order valence-electron chi connectivity index (χ4n) is 2.25. The summed E-state index contributed by atoms with van der Waals surface area (Å²) in [6, 6.07) is 7.28. The molecule has 0 aliphatic heterocycles. The van der Waals surface area contributed by atoms with Gasteiger partial charge in [-0.05, 0) is 37.1 Å². The molecule has 1 aliphatic rings. The number of benzene rings is 1. The van der Waals surface area contributed by atoms with Gasteiger partial charge in [0.1, 0.15) is 0 Å². The standard InChI is InChI=1S/C13H17NO/c14-12-8-6-11(7-9-12)13(15)10-4-2-1-3-5-10/h6-10H,1-5,14H2. The zero-order chi connectivity index (χ0) is 10.7. The van der Waals surface area contributed by atoms with Crippen LogP contribution in [0.5, 0.6) is 0 Å². The Balaban J connectivity index is 2.09. The number of rotatable bonds is 2. The van der Waals surface area contributed by atoms with Crippen molar-refractivity contribution in [3.8, 4) is 0 Å². The first-order valence-corrected chi connectivity index (χ1v) is 5.67. The number of carbonyl (C=O) groups excluding carboxylic acids is 1. The van der Waals surface area contributed by atoms with Gasteiger partial charge in [-0.2, -0.15) is 0 Å². The molecule has 0 bridgehead atoms. The third-order valence-corrected chi connectivity index (χ3v) is 3.17. The summed E-state index contributed by atoms with van der Waals surface area (Å²) >= 11 is 0. The van der Waals surface area contributed by atoms with Crippen molar-refractivity contribution in [2.24, 2.45) is 5.92 Å². The maximum Gasteiger partial charge on any atom is 0.165 e. The Bertz CT molecular complexity index is 336. The van der Waals surface area contributed by atoms with E-state index >= 15 is 0 Å². The topological polar surface area (TPSA) is 43.1 Å². The van der Waals surface area contributed by atoms with Crippen LogP contribution in [-0.4, -0.2) is 5.78 Å². The van der Waals surface area contributed by atoms with Crippen molar-refractivity contribution in [2.75, 3.05) is 5.73 Å². The highest BCUT2D eigenvalue weighted by Gasteiger charge is 2.21. The van der Waals surface area contributed by atoms with Crippen LogP contribution >= 0.6 is 0 Å². The summed E-state index contributed by atoms with van der Waals surface area (Å²) < 4.78 is 0. The van der Waals surface area contributed by atoms with Crippen molar-refractivity contribution in [2.45, 2.75) is 32.1 Å². The number of ketones is 1. The lowest BCUT2D eigenvalue weighted by Crippen LogP contribution is -2.17. The second kappa shape index (κ2) is 4.47. The van der Waals surface area contributed by atoms with Gasteiger partial charge in [-0.3, -0.25) is 4.79 Å². The van der Waals surface area contributed by atoms with Gasteiger partial charge in [0.25, 0.3) is 0 Å². The predicted molar refractivity (Wildman–Crippen MR) is 61.8 cm³/mol. The molecule has 0 saturated heterocycles. The number of hydrogen-bond acceptors (Lipinski definition) is 2. The summed E-state index contributed by atoms with van der Waals surface area (Å²) in [4.78, 5) is 12.1. The number of nitrogens with two attached hydrogens (primary N) is 1. The van der Waals surface area contributed by atoms with E-state index in [1.54, 1.807) is 12.1 Å². The fourth-order valence-corrected chi connectivity index (χ4v) is 2.25. The van der Waals surface area contributed by atoms with Gasteiger partial charge in [-0.1, -0.05) is 19.3 Å². The van der Waals surface area contributed by atoms with Crippen molar-refractivity contribution < 1.29 is 4.79 Å². The first-order valence-electron chi connectivity index (χ1n) is 5.67. The van der Waals surface area contributed by atoms with Crippen LogP contribution < -0.4 is 5.73 Å². The number of nitrogen functional groups attached to an aromatic ring is 1. The molecule has 1 aromatic rings. The summed E-state index contributed by atoms with van der Waals surface area (Å²) in [5, 5.41) is 0. The molecule has 2 rings (SSSR count). The number of anilines is 1. The Morgan fingerprint density at radius 1 is 1.07 bits per heavy atom. The molecule has 2 N–H and O–H groups in total. The second-order valence-electron chi connectivity index (χ2n) is 4.32. The van der Waals surface area contributed by atoms with Gasteiger partial charge >= 0.3 is 0 Å². The van der Waals surface area contributed by atoms with E-state index in [1.165, 1.54) is 19.3 Å². The molecule has 0 spiro atoms. The molecule has 0 radical (unpaired) electrons. The summed E-state index contributed by atoms with van der Waals surface area (Å²) in [6.45, 7) is 0. The van der Waals surface area contributed by atoms with Gasteiger partial charge in [0.2, 0.25) is 0 Å². The van der Waals surface area contributed by atoms with Gasteiger partial charge in [-0.25, -0.2) is 0 Å². The van der Waals surface area contributed by atoms with Crippen LogP contribution in [0.15, 0.2) is 24.3 Å². The average molecular weight is 203 g/mol. The maximum atomic E-state index is 12.1. The molecule has 80 valence electrons. The molecule has 0 amide bonds. The minimum atomic E-state index is 0.252. The van der Waals surface area contributed by atoms with Gasteiger partial charge in [0.05, 0.1) is 0 Å². The molecule has 0 unspecified atom stereocenters. The highest BCUT2D eigenvalue weighted by molar-refractivity contribution is 5.98. The Kier molecular flexibility index (Phi) is 3.05. The van der Waals surface area contributed by atoms with Crippen molar-refractivity contribution >= 4 is 11.5 Å². The quantitative estimate of drug-likeness (QED) is 0.593. The van der Waals surface area contributed by atoms with E-state index in [1.807, 2.05) is 12.1 Å². The fraction of sp³-hybridized carbons (Fsp3) is 0.462. The summed E-state index contributed by atoms with van der Waals surface area (Å²) in [5.74, 6) is 0.553. The van der Waals surface area contributed by atoms with E-state index in [0.29, 0.717) is 5.78 Å². The van der Waals surface area contributed by atoms with Gasteiger partial charge < -0.3 is 5.73 Å². The molecule has 1 saturated carbocycles. The molecule has 1 aromatic carbocycles. The summed E-state index contributed by atoms with van der Waals surface area (Å²) in [6.07, 6.45) is 5.80.